The highest BCUT2D eigenvalue weighted by molar-refractivity contribution is 5.98. The number of hydrogen-bond donors (Lipinski definition) is 5. The summed E-state index contributed by atoms with van der Waals surface area (Å²) in [6.07, 6.45) is 0. The fraction of sp³-hybridized carbons (Fsp3) is 0.105. The largest absolute Gasteiger partial charge is 0.504 e. The average molecular weight is 418 g/mol. The normalized spacial score (nSPS) is 10.7. The van der Waals surface area contributed by atoms with E-state index in [0.717, 1.165) is 26.0 Å². The molecule has 0 spiro atoms. The first kappa shape index (κ1) is 20.3. The molecule has 3 aromatic rings. The van der Waals surface area contributed by atoms with E-state index in [0.29, 0.717) is 0 Å². The van der Waals surface area contributed by atoms with Gasteiger partial charge in [-0.3, -0.25) is 14.4 Å². The third-order valence-corrected chi connectivity index (χ3v) is 3.91. The van der Waals surface area contributed by atoms with Crippen molar-refractivity contribution >= 4 is 22.9 Å². The molecule has 0 bridgehead atoms. The Kier molecular flexibility index (Phi) is 4.88. The Labute approximate surface area is 166 Å². The van der Waals surface area contributed by atoms with E-state index in [1.165, 1.54) is 6.07 Å². The van der Waals surface area contributed by atoms with Crippen LogP contribution < -0.4 is 14.9 Å². The Hall–Kier alpha value is -4.41. The molecule has 0 aliphatic heterocycles. The molecule has 5 N–H and O–H groups in total. The predicted molar refractivity (Wildman–Crippen MR) is 98.9 cm³/mol. The van der Waals surface area contributed by atoms with Gasteiger partial charge in [-0.1, -0.05) is 0 Å². The zero-order chi connectivity index (χ0) is 22.3. The Morgan fingerprint density at radius 1 is 0.833 bits per heavy atom. The first-order valence-electron chi connectivity index (χ1n) is 8.19. The smallest absolute Gasteiger partial charge is 0.308 e. The van der Waals surface area contributed by atoms with E-state index < -0.39 is 74.3 Å². The monoisotopic (exact) mass is 418 g/mol. The van der Waals surface area contributed by atoms with Gasteiger partial charge in [0.2, 0.25) is 28.4 Å². The van der Waals surface area contributed by atoms with E-state index in [1.54, 1.807) is 0 Å². The molecule has 0 fully saturated rings. The summed E-state index contributed by atoms with van der Waals surface area (Å²) in [4.78, 5) is 35.5. The summed E-state index contributed by atoms with van der Waals surface area (Å²) in [5, 5.41) is 49.4. The van der Waals surface area contributed by atoms with E-state index in [9.17, 15) is 39.9 Å². The molecule has 0 amide bonds. The molecule has 0 saturated carbocycles. The van der Waals surface area contributed by atoms with Crippen LogP contribution in [-0.4, -0.2) is 37.5 Å². The molecule has 0 aliphatic carbocycles. The van der Waals surface area contributed by atoms with Crippen LogP contribution in [0.2, 0.25) is 0 Å². The van der Waals surface area contributed by atoms with Gasteiger partial charge in [0.1, 0.15) is 5.39 Å². The number of rotatable bonds is 3. The maximum Gasteiger partial charge on any atom is 0.308 e. The standard InChI is InChI=1S/C19H14O11/c1-6(20)28-18-13(25)11-12(24)14(26)16(8-3-4-9(22)10(23)5-8)30-17(11)19(15(18)27)29-7(2)21/h3-5,22-23,25-27H,1-2H3. The molecular weight excluding hydrogens is 404 g/mol. The minimum Gasteiger partial charge on any atom is -0.504 e. The molecule has 30 heavy (non-hydrogen) atoms. The van der Waals surface area contributed by atoms with Crippen LogP contribution in [0.3, 0.4) is 0 Å². The van der Waals surface area contributed by atoms with Crippen molar-refractivity contribution in [2.45, 2.75) is 13.8 Å². The number of fused-ring (bicyclic) bond motifs is 1. The molecular formula is C19H14O11. The number of benzene rings is 2. The van der Waals surface area contributed by atoms with Crippen molar-refractivity contribution < 1.29 is 49.0 Å². The van der Waals surface area contributed by atoms with Crippen LogP contribution in [-0.2, 0) is 9.59 Å². The van der Waals surface area contributed by atoms with Crippen molar-refractivity contribution in [3.8, 4) is 51.6 Å². The molecule has 0 radical (unpaired) electrons. The van der Waals surface area contributed by atoms with E-state index in [4.69, 9.17) is 13.9 Å². The van der Waals surface area contributed by atoms with Crippen LogP contribution in [0.4, 0.5) is 0 Å². The third-order valence-electron chi connectivity index (χ3n) is 3.91. The van der Waals surface area contributed by atoms with Gasteiger partial charge in [-0.15, -0.1) is 0 Å². The third kappa shape index (κ3) is 3.28. The van der Waals surface area contributed by atoms with Crippen molar-refractivity contribution in [1.29, 1.82) is 0 Å². The molecule has 0 unspecified atom stereocenters. The van der Waals surface area contributed by atoms with Crippen molar-refractivity contribution in [3.63, 3.8) is 0 Å². The van der Waals surface area contributed by atoms with Crippen LogP contribution in [0, 0.1) is 0 Å². The molecule has 156 valence electrons. The first-order valence-corrected chi connectivity index (χ1v) is 8.19. The number of esters is 2. The summed E-state index contributed by atoms with van der Waals surface area (Å²) >= 11 is 0. The fourth-order valence-corrected chi connectivity index (χ4v) is 2.68. The summed E-state index contributed by atoms with van der Waals surface area (Å²) in [5.74, 6) is -8.25. The van der Waals surface area contributed by atoms with Crippen LogP contribution in [0.15, 0.2) is 27.4 Å². The number of ether oxygens (including phenoxy) is 2. The van der Waals surface area contributed by atoms with Gasteiger partial charge in [0.15, 0.2) is 28.6 Å². The summed E-state index contributed by atoms with van der Waals surface area (Å²) in [7, 11) is 0. The van der Waals surface area contributed by atoms with Crippen LogP contribution in [0.5, 0.6) is 40.2 Å². The molecule has 0 atom stereocenters. The second-order valence-corrected chi connectivity index (χ2v) is 6.06. The number of aromatic hydroxyl groups is 5. The van der Waals surface area contributed by atoms with E-state index in [2.05, 4.69) is 0 Å². The molecule has 3 rings (SSSR count). The molecule has 11 nitrogen and oxygen atoms in total. The number of hydrogen-bond acceptors (Lipinski definition) is 11. The molecule has 11 heteroatoms. The Morgan fingerprint density at radius 3 is 2.00 bits per heavy atom. The molecule has 0 saturated heterocycles. The van der Waals surface area contributed by atoms with Crippen molar-refractivity contribution in [1.82, 2.24) is 0 Å². The summed E-state index contributed by atoms with van der Waals surface area (Å²) in [5.41, 5.74) is -1.95. The second-order valence-electron chi connectivity index (χ2n) is 6.06. The lowest BCUT2D eigenvalue weighted by Crippen LogP contribution is -2.09. The Balaban J connectivity index is 2.47. The van der Waals surface area contributed by atoms with Crippen LogP contribution in [0.1, 0.15) is 13.8 Å². The quantitative estimate of drug-likeness (QED) is 0.237. The van der Waals surface area contributed by atoms with Crippen LogP contribution >= 0.6 is 0 Å². The van der Waals surface area contributed by atoms with Gasteiger partial charge >= 0.3 is 11.9 Å². The van der Waals surface area contributed by atoms with Gasteiger partial charge in [-0.05, 0) is 18.2 Å². The second kappa shape index (κ2) is 7.20. The van der Waals surface area contributed by atoms with Gasteiger partial charge in [0.05, 0.1) is 0 Å². The van der Waals surface area contributed by atoms with Gasteiger partial charge in [-0.25, -0.2) is 0 Å². The summed E-state index contributed by atoms with van der Waals surface area (Å²) in [6, 6.07) is 3.22. The van der Waals surface area contributed by atoms with E-state index in [1.807, 2.05) is 0 Å². The lowest BCUT2D eigenvalue weighted by Gasteiger charge is -2.15. The number of phenols is 4. The number of carbonyl (C=O) groups excluding carboxylic acids is 2. The molecule has 1 heterocycles. The maximum atomic E-state index is 12.7. The lowest BCUT2D eigenvalue weighted by atomic mass is 10.1. The molecule has 0 aliphatic rings. The van der Waals surface area contributed by atoms with E-state index in [-0.39, 0.29) is 5.56 Å². The van der Waals surface area contributed by atoms with Gasteiger partial charge < -0.3 is 39.4 Å². The molecule has 2 aromatic carbocycles. The number of carbonyl (C=O) groups is 2. The topological polar surface area (TPSA) is 184 Å². The number of phenolic OH excluding ortho intramolecular Hbond substituents is 4. The van der Waals surface area contributed by atoms with Crippen LogP contribution in [0.25, 0.3) is 22.3 Å². The predicted octanol–water partition coefficient (Wildman–Crippen LogP) is 1.84. The van der Waals surface area contributed by atoms with E-state index >= 15 is 0 Å². The highest BCUT2D eigenvalue weighted by atomic mass is 16.6. The fourth-order valence-electron chi connectivity index (χ4n) is 2.68. The van der Waals surface area contributed by atoms with Crippen molar-refractivity contribution in [2.24, 2.45) is 0 Å². The minimum absolute atomic E-state index is 0.0707. The lowest BCUT2D eigenvalue weighted by molar-refractivity contribution is -0.132. The van der Waals surface area contributed by atoms with Gasteiger partial charge in [0.25, 0.3) is 0 Å². The SMILES string of the molecule is CC(=O)Oc1c(O)c(OC(C)=O)c2oc(-c3ccc(O)c(O)c3)c(O)c(=O)c2c1O. The first-order chi connectivity index (χ1) is 14.0. The highest BCUT2D eigenvalue weighted by Crippen LogP contribution is 2.50. The Morgan fingerprint density at radius 2 is 1.43 bits per heavy atom. The Bertz CT molecular complexity index is 1270. The van der Waals surface area contributed by atoms with Gasteiger partial charge in [0, 0.05) is 19.4 Å². The van der Waals surface area contributed by atoms with Crippen molar-refractivity contribution in [3.05, 3.63) is 28.4 Å². The maximum absolute atomic E-state index is 12.7. The average Bonchev–Trinajstić information content (AvgIpc) is 2.66. The molecule has 1 aromatic heterocycles. The van der Waals surface area contributed by atoms with Gasteiger partial charge in [-0.2, -0.15) is 0 Å². The summed E-state index contributed by atoms with van der Waals surface area (Å²) < 4.78 is 15.0. The zero-order valence-electron chi connectivity index (χ0n) is 15.4. The minimum atomic E-state index is -1.22. The van der Waals surface area contributed by atoms with Crippen molar-refractivity contribution in [2.75, 3.05) is 0 Å². The zero-order valence-corrected chi connectivity index (χ0v) is 15.4. The highest BCUT2D eigenvalue weighted by Gasteiger charge is 2.30. The summed E-state index contributed by atoms with van der Waals surface area (Å²) in [6.45, 7) is 1.93.